The van der Waals surface area contributed by atoms with Gasteiger partial charge < -0.3 is 9.47 Å². The molecular formula is C20H21Cl2NO2. The third kappa shape index (κ3) is 3.09. The number of aryl methyl sites for hydroxylation is 1. The van der Waals surface area contributed by atoms with Crippen molar-refractivity contribution in [2.24, 2.45) is 0 Å². The van der Waals surface area contributed by atoms with E-state index in [-0.39, 0.29) is 5.60 Å². The summed E-state index contributed by atoms with van der Waals surface area (Å²) in [4.78, 5) is 4.03. The van der Waals surface area contributed by atoms with Crippen LogP contribution in [0.3, 0.4) is 0 Å². The highest BCUT2D eigenvalue weighted by Gasteiger charge is 2.43. The Bertz CT molecular complexity index is 780. The Morgan fingerprint density at radius 1 is 1.12 bits per heavy atom. The lowest BCUT2D eigenvalue weighted by molar-refractivity contribution is 0.0996. The minimum absolute atomic E-state index is 0.0162. The van der Waals surface area contributed by atoms with Crippen LogP contribution in [0.5, 0.6) is 11.5 Å². The number of hydrogen-bond donors (Lipinski definition) is 0. The second-order valence-corrected chi connectivity index (χ2v) is 7.80. The van der Waals surface area contributed by atoms with Gasteiger partial charge in [0, 0.05) is 24.4 Å². The molecule has 132 valence electrons. The van der Waals surface area contributed by atoms with E-state index >= 15 is 0 Å². The molecule has 0 bridgehead atoms. The number of ether oxygens (including phenoxy) is 2. The average molecular weight is 378 g/mol. The van der Waals surface area contributed by atoms with Crippen LogP contribution in [0.4, 0.5) is 0 Å². The van der Waals surface area contributed by atoms with Gasteiger partial charge in [-0.2, -0.15) is 0 Å². The van der Waals surface area contributed by atoms with E-state index in [9.17, 15) is 0 Å². The van der Waals surface area contributed by atoms with Crippen molar-refractivity contribution in [1.82, 2.24) is 4.98 Å². The molecule has 1 fully saturated rings. The van der Waals surface area contributed by atoms with E-state index in [4.69, 9.17) is 32.7 Å². The molecule has 1 saturated carbocycles. The molecule has 1 spiro atoms. The number of halogens is 2. The zero-order valence-corrected chi connectivity index (χ0v) is 15.8. The number of benzene rings is 1. The van der Waals surface area contributed by atoms with E-state index in [1.165, 1.54) is 24.0 Å². The zero-order valence-electron chi connectivity index (χ0n) is 14.3. The largest absolute Gasteiger partial charge is 0.493 e. The van der Waals surface area contributed by atoms with Gasteiger partial charge >= 0.3 is 0 Å². The third-order valence-electron chi connectivity index (χ3n) is 5.47. The topological polar surface area (TPSA) is 31.4 Å². The van der Waals surface area contributed by atoms with E-state index in [1.807, 2.05) is 6.07 Å². The first kappa shape index (κ1) is 17.0. The molecule has 1 aromatic carbocycles. The maximum absolute atomic E-state index is 6.43. The number of nitrogens with zero attached hydrogens (tertiary/aromatic N) is 1. The van der Waals surface area contributed by atoms with E-state index in [2.05, 4.69) is 11.1 Å². The molecule has 5 heteroatoms. The predicted octanol–water partition coefficient (Wildman–Crippen LogP) is 5.43. The summed E-state index contributed by atoms with van der Waals surface area (Å²) in [5, 5.41) is 1.25. The number of aromatic nitrogens is 1. The summed E-state index contributed by atoms with van der Waals surface area (Å²) < 4.78 is 12.0. The van der Waals surface area contributed by atoms with Crippen LogP contribution in [-0.4, -0.2) is 17.7 Å². The molecule has 1 aromatic heterocycles. The average Bonchev–Trinajstić information content (AvgIpc) is 3.21. The van der Waals surface area contributed by atoms with Crippen molar-refractivity contribution in [3.8, 4) is 11.5 Å². The fourth-order valence-electron chi connectivity index (χ4n) is 4.16. The normalized spacial score (nSPS) is 17.6. The number of methoxy groups -OCH3 is 1. The van der Waals surface area contributed by atoms with Crippen molar-refractivity contribution in [3.05, 3.63) is 51.3 Å². The molecule has 1 aliphatic carbocycles. The molecule has 2 heterocycles. The summed E-state index contributed by atoms with van der Waals surface area (Å²) in [5.41, 5.74) is 3.53. The van der Waals surface area contributed by atoms with Gasteiger partial charge in [0.15, 0.2) is 11.5 Å². The Kier molecular flexibility index (Phi) is 4.55. The first-order chi connectivity index (χ1) is 12.1. The summed E-state index contributed by atoms with van der Waals surface area (Å²) in [6.45, 7) is 0. The Labute approximate surface area is 158 Å². The van der Waals surface area contributed by atoms with E-state index < -0.39 is 0 Å². The van der Waals surface area contributed by atoms with Crippen molar-refractivity contribution in [2.45, 2.75) is 50.5 Å². The minimum atomic E-state index is -0.0162. The molecule has 2 aliphatic rings. The lowest BCUT2D eigenvalue weighted by Crippen LogP contribution is -2.30. The molecule has 3 nitrogen and oxygen atoms in total. The van der Waals surface area contributed by atoms with Gasteiger partial charge in [-0.15, -0.1) is 0 Å². The first-order valence-electron chi connectivity index (χ1n) is 8.77. The quantitative estimate of drug-likeness (QED) is 0.711. The Morgan fingerprint density at radius 3 is 2.52 bits per heavy atom. The van der Waals surface area contributed by atoms with Crippen molar-refractivity contribution in [2.75, 3.05) is 7.11 Å². The summed E-state index contributed by atoms with van der Waals surface area (Å²) in [6.07, 6.45) is 10.7. The fourth-order valence-corrected chi connectivity index (χ4v) is 4.71. The molecular weight excluding hydrogens is 357 g/mol. The number of fused-ring (bicyclic) bond motifs is 1. The standard InChI is InChI=1S/C20H21Cl2NO2/c1-24-18-7-5-13(4-6-14-16(21)11-23-12-17(14)22)15-10-20(25-19(15)18)8-2-3-9-20/h5,7,11-12H,2-4,6,8-10H2,1H3. The van der Waals surface area contributed by atoms with Crippen LogP contribution in [0.25, 0.3) is 0 Å². The van der Waals surface area contributed by atoms with Crippen LogP contribution >= 0.6 is 23.2 Å². The van der Waals surface area contributed by atoms with Crippen LogP contribution in [-0.2, 0) is 19.3 Å². The van der Waals surface area contributed by atoms with Crippen molar-refractivity contribution in [1.29, 1.82) is 0 Å². The molecule has 0 radical (unpaired) electrons. The highest BCUT2D eigenvalue weighted by molar-refractivity contribution is 6.35. The minimum Gasteiger partial charge on any atom is -0.493 e. The van der Waals surface area contributed by atoms with Crippen molar-refractivity contribution >= 4 is 23.2 Å². The maximum atomic E-state index is 6.43. The van der Waals surface area contributed by atoms with Gasteiger partial charge in [0.05, 0.1) is 17.2 Å². The number of rotatable bonds is 4. The molecule has 0 unspecified atom stereocenters. The third-order valence-corrected chi connectivity index (χ3v) is 6.12. The maximum Gasteiger partial charge on any atom is 0.165 e. The predicted molar refractivity (Wildman–Crippen MR) is 100 cm³/mol. The van der Waals surface area contributed by atoms with Gasteiger partial charge in [-0.1, -0.05) is 29.3 Å². The second-order valence-electron chi connectivity index (χ2n) is 6.99. The van der Waals surface area contributed by atoms with Crippen LogP contribution in [0, 0.1) is 0 Å². The summed E-state index contributed by atoms with van der Waals surface area (Å²) >= 11 is 12.5. The van der Waals surface area contributed by atoms with Gasteiger partial charge in [0.2, 0.25) is 0 Å². The summed E-state index contributed by atoms with van der Waals surface area (Å²) in [6, 6.07) is 4.16. The van der Waals surface area contributed by atoms with Gasteiger partial charge in [0.1, 0.15) is 5.60 Å². The zero-order chi connectivity index (χ0) is 17.4. The lowest BCUT2D eigenvalue weighted by atomic mass is 9.91. The summed E-state index contributed by atoms with van der Waals surface area (Å²) in [5.74, 6) is 1.77. The van der Waals surface area contributed by atoms with E-state index in [0.29, 0.717) is 10.0 Å². The van der Waals surface area contributed by atoms with Crippen molar-refractivity contribution < 1.29 is 9.47 Å². The van der Waals surface area contributed by atoms with E-state index in [0.717, 1.165) is 49.2 Å². The lowest BCUT2D eigenvalue weighted by Gasteiger charge is -2.22. The Balaban J connectivity index is 1.63. The first-order valence-corrected chi connectivity index (χ1v) is 9.53. The smallest absolute Gasteiger partial charge is 0.165 e. The van der Waals surface area contributed by atoms with Gasteiger partial charge in [-0.25, -0.2) is 0 Å². The fraction of sp³-hybridized carbons (Fsp3) is 0.450. The monoisotopic (exact) mass is 377 g/mol. The van der Waals surface area contributed by atoms with Gasteiger partial charge in [-0.3, -0.25) is 4.98 Å². The van der Waals surface area contributed by atoms with Gasteiger partial charge in [-0.05, 0) is 55.7 Å². The molecule has 2 aromatic rings. The van der Waals surface area contributed by atoms with Crippen LogP contribution in [0.1, 0.15) is 42.4 Å². The van der Waals surface area contributed by atoms with Crippen molar-refractivity contribution in [3.63, 3.8) is 0 Å². The second kappa shape index (κ2) is 6.69. The molecule has 0 atom stereocenters. The molecule has 1 aliphatic heterocycles. The van der Waals surface area contributed by atoms with Crippen LogP contribution < -0.4 is 9.47 Å². The Hall–Kier alpha value is -1.45. The Morgan fingerprint density at radius 2 is 1.84 bits per heavy atom. The molecule has 0 amide bonds. The van der Waals surface area contributed by atoms with Crippen LogP contribution in [0.15, 0.2) is 24.5 Å². The van der Waals surface area contributed by atoms with Gasteiger partial charge in [0.25, 0.3) is 0 Å². The molecule has 0 saturated heterocycles. The molecule has 25 heavy (non-hydrogen) atoms. The summed E-state index contributed by atoms with van der Waals surface area (Å²) in [7, 11) is 1.70. The SMILES string of the molecule is COc1ccc(CCc2c(Cl)cncc2Cl)c2c1OC1(CCCC1)C2. The highest BCUT2D eigenvalue weighted by atomic mass is 35.5. The highest BCUT2D eigenvalue weighted by Crippen LogP contribution is 2.49. The van der Waals surface area contributed by atoms with Crippen LogP contribution in [0.2, 0.25) is 10.0 Å². The van der Waals surface area contributed by atoms with E-state index in [1.54, 1.807) is 19.5 Å². The number of pyridine rings is 1. The number of hydrogen-bond acceptors (Lipinski definition) is 3. The molecule has 4 rings (SSSR count). The molecule has 0 N–H and O–H groups in total.